The third kappa shape index (κ3) is 2.92. The minimum absolute atomic E-state index is 0.0683. The van der Waals surface area contributed by atoms with Gasteiger partial charge in [-0.2, -0.15) is 0 Å². The van der Waals surface area contributed by atoms with Gasteiger partial charge in [-0.25, -0.2) is 4.98 Å². The summed E-state index contributed by atoms with van der Waals surface area (Å²) in [5.74, 6) is 1.36. The summed E-state index contributed by atoms with van der Waals surface area (Å²) < 4.78 is 2.15. The zero-order chi connectivity index (χ0) is 18.4. The van der Waals surface area contributed by atoms with Gasteiger partial charge in [0, 0.05) is 38.1 Å². The molecule has 1 atom stereocenters. The van der Waals surface area contributed by atoms with Crippen LogP contribution in [-0.4, -0.2) is 40.0 Å². The Kier molecular flexibility index (Phi) is 4.16. The molecular weight excluding hydrogens is 356 g/mol. The number of amides is 1. The van der Waals surface area contributed by atoms with Crippen LogP contribution in [0.5, 0.6) is 0 Å². The highest BCUT2D eigenvalue weighted by Gasteiger charge is 2.32. The van der Waals surface area contributed by atoms with E-state index in [-0.39, 0.29) is 5.92 Å². The van der Waals surface area contributed by atoms with Crippen molar-refractivity contribution >= 4 is 34.2 Å². The molecule has 1 fully saturated rings. The number of carbonyl (C=O) groups is 1. The van der Waals surface area contributed by atoms with Gasteiger partial charge in [0.2, 0.25) is 11.9 Å². The Morgan fingerprint density at radius 2 is 2.11 bits per heavy atom. The number of rotatable bonds is 2. The van der Waals surface area contributed by atoms with Gasteiger partial charge in [0.15, 0.2) is 0 Å². The minimum atomic E-state index is 0.0683. The van der Waals surface area contributed by atoms with E-state index in [0.29, 0.717) is 5.91 Å². The number of para-hydroxylation sites is 2. The second kappa shape index (κ2) is 6.68. The number of hydrogen-bond acceptors (Lipinski definition) is 4. The molecular formula is C21H24N4OS. The fourth-order valence-electron chi connectivity index (χ4n) is 4.47. The molecule has 1 saturated heterocycles. The van der Waals surface area contributed by atoms with Crippen LogP contribution in [0.25, 0.3) is 11.0 Å². The van der Waals surface area contributed by atoms with Crippen molar-refractivity contribution in [3.8, 4) is 0 Å². The van der Waals surface area contributed by atoms with E-state index in [1.807, 2.05) is 23.5 Å². The molecule has 2 aromatic heterocycles. The number of nitrogens with zero attached hydrogens (tertiary/aromatic N) is 4. The van der Waals surface area contributed by atoms with E-state index in [1.165, 1.54) is 10.4 Å². The summed E-state index contributed by atoms with van der Waals surface area (Å²) in [6.45, 7) is 3.37. The molecule has 6 heteroatoms. The molecule has 5 nitrogen and oxygen atoms in total. The molecule has 27 heavy (non-hydrogen) atoms. The summed E-state index contributed by atoms with van der Waals surface area (Å²) in [6.07, 6.45) is 3.02. The van der Waals surface area contributed by atoms with Crippen LogP contribution in [-0.2, 0) is 24.8 Å². The van der Waals surface area contributed by atoms with Crippen molar-refractivity contribution in [2.24, 2.45) is 13.0 Å². The fourth-order valence-corrected chi connectivity index (χ4v) is 5.36. The third-order valence-corrected chi connectivity index (χ3v) is 6.96. The first-order valence-corrected chi connectivity index (χ1v) is 10.6. The van der Waals surface area contributed by atoms with Crippen LogP contribution < -0.4 is 4.90 Å². The number of anilines is 1. The zero-order valence-electron chi connectivity index (χ0n) is 15.6. The minimum Gasteiger partial charge on any atom is -0.341 e. The lowest BCUT2D eigenvalue weighted by molar-refractivity contribution is -0.136. The molecule has 2 aliphatic heterocycles. The summed E-state index contributed by atoms with van der Waals surface area (Å²) in [5, 5.41) is 2.15. The lowest BCUT2D eigenvalue weighted by Crippen LogP contribution is -2.46. The van der Waals surface area contributed by atoms with Gasteiger partial charge in [0.25, 0.3) is 0 Å². The van der Waals surface area contributed by atoms with Crippen LogP contribution in [0, 0.1) is 5.92 Å². The van der Waals surface area contributed by atoms with Gasteiger partial charge >= 0.3 is 0 Å². The van der Waals surface area contributed by atoms with Crippen LogP contribution in [0.1, 0.15) is 23.3 Å². The molecule has 3 aromatic rings. The first-order valence-electron chi connectivity index (χ1n) is 9.71. The maximum Gasteiger partial charge on any atom is 0.227 e. The number of carbonyl (C=O) groups excluding carboxylic acids is 1. The second-order valence-electron chi connectivity index (χ2n) is 7.62. The van der Waals surface area contributed by atoms with Crippen molar-refractivity contribution in [1.82, 2.24) is 14.5 Å². The van der Waals surface area contributed by atoms with Crippen LogP contribution in [0.3, 0.4) is 0 Å². The topological polar surface area (TPSA) is 41.4 Å². The summed E-state index contributed by atoms with van der Waals surface area (Å²) in [5.41, 5.74) is 3.49. The van der Waals surface area contributed by atoms with Gasteiger partial charge in [-0.05, 0) is 48.4 Å². The van der Waals surface area contributed by atoms with Crippen molar-refractivity contribution in [2.45, 2.75) is 25.8 Å². The average Bonchev–Trinajstić information content (AvgIpc) is 3.32. The Bertz CT molecular complexity index is 991. The third-order valence-electron chi connectivity index (χ3n) is 5.94. The van der Waals surface area contributed by atoms with Gasteiger partial charge in [-0.1, -0.05) is 12.1 Å². The predicted octanol–water partition coefficient (Wildman–Crippen LogP) is 3.44. The second-order valence-corrected chi connectivity index (χ2v) is 8.62. The van der Waals surface area contributed by atoms with Crippen molar-refractivity contribution in [3.05, 3.63) is 46.2 Å². The van der Waals surface area contributed by atoms with Crippen molar-refractivity contribution < 1.29 is 4.79 Å². The molecule has 0 aliphatic carbocycles. The zero-order valence-corrected chi connectivity index (χ0v) is 16.4. The standard InChI is InChI=1S/C21H24N4OS/c1-23-18-7-3-2-6-17(18)22-21(23)25-10-4-5-16(14-25)20(26)24-11-8-19-15(13-24)9-12-27-19/h2-3,6-7,9,12,16H,4-5,8,10-11,13-14H2,1H3. The Morgan fingerprint density at radius 3 is 3.00 bits per heavy atom. The molecule has 1 aromatic carbocycles. The maximum atomic E-state index is 13.2. The first kappa shape index (κ1) is 16.8. The van der Waals surface area contributed by atoms with Crippen molar-refractivity contribution in [3.63, 3.8) is 0 Å². The number of benzene rings is 1. The lowest BCUT2D eigenvalue weighted by Gasteiger charge is -2.36. The van der Waals surface area contributed by atoms with Crippen LogP contribution in [0.2, 0.25) is 0 Å². The SMILES string of the molecule is Cn1c(N2CCCC(C(=O)N3CCc4sccc4C3)C2)nc2ccccc21. The first-order chi connectivity index (χ1) is 13.2. The number of aryl methyl sites for hydroxylation is 1. The number of imidazole rings is 1. The van der Waals surface area contributed by atoms with Crippen LogP contribution in [0.4, 0.5) is 5.95 Å². The van der Waals surface area contributed by atoms with E-state index >= 15 is 0 Å². The molecule has 2 aliphatic rings. The number of fused-ring (bicyclic) bond motifs is 2. The molecule has 1 amide bonds. The normalized spacial score (nSPS) is 20.1. The summed E-state index contributed by atoms with van der Waals surface area (Å²) in [7, 11) is 2.07. The van der Waals surface area contributed by atoms with Gasteiger partial charge in [-0.15, -0.1) is 11.3 Å². The smallest absolute Gasteiger partial charge is 0.227 e. The van der Waals surface area contributed by atoms with Crippen molar-refractivity contribution in [1.29, 1.82) is 0 Å². The van der Waals surface area contributed by atoms with E-state index in [9.17, 15) is 4.79 Å². The molecule has 0 spiro atoms. The molecule has 4 heterocycles. The monoisotopic (exact) mass is 380 g/mol. The Hall–Kier alpha value is -2.34. The average molecular weight is 381 g/mol. The maximum absolute atomic E-state index is 13.2. The Balaban J connectivity index is 1.35. The highest BCUT2D eigenvalue weighted by molar-refractivity contribution is 7.10. The van der Waals surface area contributed by atoms with E-state index in [2.05, 4.69) is 45.0 Å². The largest absolute Gasteiger partial charge is 0.341 e. The number of piperidine rings is 1. The predicted molar refractivity (Wildman–Crippen MR) is 109 cm³/mol. The number of aromatic nitrogens is 2. The molecule has 0 bridgehead atoms. The number of thiophene rings is 1. The molecule has 0 saturated carbocycles. The molecule has 0 N–H and O–H groups in total. The van der Waals surface area contributed by atoms with Gasteiger partial charge in [0.05, 0.1) is 17.0 Å². The van der Waals surface area contributed by atoms with Gasteiger partial charge in [0.1, 0.15) is 0 Å². The van der Waals surface area contributed by atoms with Gasteiger partial charge in [-0.3, -0.25) is 4.79 Å². The van der Waals surface area contributed by atoms with E-state index < -0.39 is 0 Å². The van der Waals surface area contributed by atoms with E-state index in [0.717, 1.165) is 62.4 Å². The van der Waals surface area contributed by atoms with E-state index in [1.54, 1.807) is 0 Å². The molecule has 0 radical (unpaired) electrons. The van der Waals surface area contributed by atoms with Gasteiger partial charge < -0.3 is 14.4 Å². The number of hydrogen-bond donors (Lipinski definition) is 0. The Morgan fingerprint density at radius 1 is 1.22 bits per heavy atom. The van der Waals surface area contributed by atoms with Crippen LogP contribution in [0.15, 0.2) is 35.7 Å². The molecule has 1 unspecified atom stereocenters. The lowest BCUT2D eigenvalue weighted by atomic mass is 9.95. The summed E-state index contributed by atoms with van der Waals surface area (Å²) in [6, 6.07) is 10.4. The Labute approximate surface area is 163 Å². The van der Waals surface area contributed by atoms with E-state index in [4.69, 9.17) is 4.98 Å². The highest BCUT2D eigenvalue weighted by Crippen LogP contribution is 2.29. The highest BCUT2D eigenvalue weighted by atomic mass is 32.1. The van der Waals surface area contributed by atoms with Crippen LogP contribution >= 0.6 is 11.3 Å². The summed E-state index contributed by atoms with van der Waals surface area (Å²) in [4.78, 5) is 23.8. The quantitative estimate of drug-likeness (QED) is 0.684. The molecule has 140 valence electrons. The van der Waals surface area contributed by atoms with Crippen molar-refractivity contribution in [2.75, 3.05) is 24.5 Å². The fraction of sp³-hybridized carbons (Fsp3) is 0.429. The summed E-state index contributed by atoms with van der Waals surface area (Å²) >= 11 is 1.82. The molecule has 5 rings (SSSR count).